The summed E-state index contributed by atoms with van der Waals surface area (Å²) < 4.78 is 36.8. The fraction of sp³-hybridized carbons (Fsp3) is 0.182. The Morgan fingerprint density at radius 3 is 2.61 bits per heavy atom. The van der Waals surface area contributed by atoms with Crippen LogP contribution < -0.4 is 5.32 Å². The van der Waals surface area contributed by atoms with Gasteiger partial charge in [0.15, 0.2) is 5.06 Å². The Labute approximate surface area is 184 Å². The summed E-state index contributed by atoms with van der Waals surface area (Å²) in [4.78, 5) is 19.9. The lowest BCUT2D eigenvalue weighted by Gasteiger charge is -2.09. The molecule has 1 amide bonds. The molecule has 1 aromatic heterocycles. The van der Waals surface area contributed by atoms with Crippen LogP contribution in [0.2, 0.25) is 0 Å². The van der Waals surface area contributed by atoms with E-state index in [9.17, 15) is 23.1 Å². The Kier molecular flexibility index (Phi) is 6.06. The zero-order valence-electron chi connectivity index (χ0n) is 16.1. The van der Waals surface area contributed by atoms with Crippen LogP contribution in [0.3, 0.4) is 0 Å². The lowest BCUT2D eigenvalue weighted by atomic mass is 10.1. The fourth-order valence-electron chi connectivity index (χ4n) is 3.12. The predicted molar refractivity (Wildman–Crippen MR) is 116 cm³/mol. The molecule has 160 valence electrons. The lowest BCUT2D eigenvalue weighted by molar-refractivity contribution is -0.135. The molecule has 0 aliphatic carbocycles. The van der Waals surface area contributed by atoms with Gasteiger partial charge < -0.3 is 10.4 Å². The minimum Gasteiger partial charge on any atom is -0.499 e. The van der Waals surface area contributed by atoms with Crippen LogP contribution in [0.25, 0.3) is 0 Å². The monoisotopic (exact) mass is 462 g/mol. The molecule has 0 fully saturated rings. The lowest BCUT2D eigenvalue weighted by Crippen LogP contribution is -2.25. The first-order chi connectivity index (χ1) is 14.8. The summed E-state index contributed by atoms with van der Waals surface area (Å²) in [7, 11) is 0. The first-order valence-corrected chi connectivity index (χ1v) is 11.1. The number of hydrogen-bond acceptors (Lipinski definition) is 5. The number of benzene rings is 2. The summed E-state index contributed by atoms with van der Waals surface area (Å²) >= 11 is 2.74. The molecule has 31 heavy (non-hydrogen) atoms. The first-order valence-electron chi connectivity index (χ1n) is 9.44. The molecule has 1 aliphatic rings. The van der Waals surface area contributed by atoms with E-state index < -0.39 is 18.5 Å². The molecule has 2 heterocycles. The van der Waals surface area contributed by atoms with Crippen LogP contribution in [0, 0.1) is 0 Å². The molecule has 0 unspecified atom stereocenters. The van der Waals surface area contributed by atoms with Crippen molar-refractivity contribution < 1.29 is 23.1 Å². The summed E-state index contributed by atoms with van der Waals surface area (Å²) in [6.45, 7) is -0.0569. The number of amides is 1. The van der Waals surface area contributed by atoms with Gasteiger partial charge in [0.1, 0.15) is 0 Å². The normalized spacial score (nSPS) is 13.1. The van der Waals surface area contributed by atoms with Crippen molar-refractivity contribution in [3.05, 3.63) is 70.6 Å². The molecule has 1 aliphatic heterocycles. The summed E-state index contributed by atoms with van der Waals surface area (Å²) in [5, 5.41) is 12.5. The summed E-state index contributed by atoms with van der Waals surface area (Å²) in [5.74, 6) is -0.442. The summed E-state index contributed by atoms with van der Waals surface area (Å²) in [5.41, 5.74) is 2.53. The molecule has 0 saturated carbocycles. The van der Waals surface area contributed by atoms with Gasteiger partial charge in [0.05, 0.1) is 16.3 Å². The average molecular weight is 463 g/mol. The Bertz CT molecular complexity index is 1160. The molecule has 2 N–H and O–H groups in total. The Morgan fingerprint density at radius 2 is 1.87 bits per heavy atom. The van der Waals surface area contributed by atoms with Crippen LogP contribution >= 0.6 is 23.1 Å². The number of rotatable bonds is 5. The molecule has 0 radical (unpaired) electrons. The number of aliphatic imine (C=N–C) groups is 1. The third kappa shape index (κ3) is 5.11. The molecule has 9 heteroatoms. The van der Waals surface area contributed by atoms with Gasteiger partial charge in [-0.1, -0.05) is 41.3 Å². The molecular weight excluding hydrogens is 445 g/mol. The number of aromatic hydroxyl groups is 1. The van der Waals surface area contributed by atoms with Crippen molar-refractivity contribution in [1.82, 2.24) is 5.32 Å². The van der Waals surface area contributed by atoms with Crippen LogP contribution in [0.1, 0.15) is 33.6 Å². The van der Waals surface area contributed by atoms with Gasteiger partial charge in [0, 0.05) is 33.9 Å². The van der Waals surface area contributed by atoms with Gasteiger partial charge in [-0.2, -0.15) is 13.2 Å². The number of alkyl halides is 3. The standard InChI is InChI=1S/C22H17F3N2O2S2/c23-22(24,25)10-3-11-26-21(29)13-6-7-17-15(12-13)27-20(18-8-9-19(28)31-18)14-4-1-2-5-16(14)30-17/h1-2,4-9,12,28H,3,10-11H2,(H,26,29). The molecule has 4 nitrogen and oxygen atoms in total. The van der Waals surface area contributed by atoms with Gasteiger partial charge in [-0.15, -0.1) is 0 Å². The van der Waals surface area contributed by atoms with Gasteiger partial charge in [0.25, 0.3) is 5.91 Å². The number of thiophene rings is 1. The Balaban J connectivity index is 1.63. The van der Waals surface area contributed by atoms with E-state index >= 15 is 0 Å². The quantitative estimate of drug-likeness (QED) is 0.349. The molecule has 0 spiro atoms. The number of halogens is 3. The molecule has 2 aromatic carbocycles. The highest BCUT2D eigenvalue weighted by Crippen LogP contribution is 2.42. The third-order valence-corrected chi connectivity index (χ3v) is 6.60. The van der Waals surface area contributed by atoms with Crippen molar-refractivity contribution in [2.45, 2.75) is 28.8 Å². The van der Waals surface area contributed by atoms with Gasteiger partial charge in [0.2, 0.25) is 0 Å². The van der Waals surface area contributed by atoms with Crippen molar-refractivity contribution in [2.75, 3.05) is 6.54 Å². The van der Waals surface area contributed by atoms with E-state index in [-0.39, 0.29) is 18.0 Å². The largest absolute Gasteiger partial charge is 0.499 e. The van der Waals surface area contributed by atoms with Gasteiger partial charge >= 0.3 is 6.18 Å². The zero-order chi connectivity index (χ0) is 22.0. The maximum atomic E-state index is 12.4. The smallest absolute Gasteiger partial charge is 0.389 e. The Hall–Kier alpha value is -2.78. The molecule has 4 rings (SSSR count). The van der Waals surface area contributed by atoms with E-state index in [1.165, 1.54) is 23.1 Å². The van der Waals surface area contributed by atoms with Gasteiger partial charge in [-0.25, -0.2) is 4.99 Å². The van der Waals surface area contributed by atoms with Crippen LogP contribution in [-0.4, -0.2) is 29.4 Å². The first kappa shape index (κ1) is 21.5. The van der Waals surface area contributed by atoms with Crippen LogP contribution in [0.4, 0.5) is 18.9 Å². The summed E-state index contributed by atoms with van der Waals surface area (Å²) in [6.07, 6.45) is -5.34. The number of carbonyl (C=O) groups is 1. The zero-order valence-corrected chi connectivity index (χ0v) is 17.7. The highest BCUT2D eigenvalue weighted by Gasteiger charge is 2.26. The topological polar surface area (TPSA) is 61.7 Å². The van der Waals surface area contributed by atoms with Gasteiger partial charge in [-0.05, 0) is 42.8 Å². The second-order valence-electron chi connectivity index (χ2n) is 6.85. The second-order valence-corrected chi connectivity index (χ2v) is 9.00. The Morgan fingerprint density at radius 1 is 1.06 bits per heavy atom. The summed E-state index contributed by atoms with van der Waals surface area (Å²) in [6, 6.07) is 16.3. The van der Waals surface area contributed by atoms with Crippen LogP contribution in [-0.2, 0) is 0 Å². The van der Waals surface area contributed by atoms with Crippen molar-refractivity contribution in [3.63, 3.8) is 0 Å². The molecule has 0 atom stereocenters. The van der Waals surface area contributed by atoms with E-state index in [2.05, 4.69) is 5.32 Å². The third-order valence-electron chi connectivity index (χ3n) is 4.56. The second kappa shape index (κ2) is 8.76. The number of hydrogen-bond donors (Lipinski definition) is 2. The van der Waals surface area contributed by atoms with E-state index in [4.69, 9.17) is 4.99 Å². The van der Waals surface area contributed by atoms with Gasteiger partial charge in [-0.3, -0.25) is 4.79 Å². The molecular formula is C22H17F3N2O2S2. The molecule has 3 aromatic rings. The minimum absolute atomic E-state index is 0.0569. The van der Waals surface area contributed by atoms with Crippen molar-refractivity contribution in [3.8, 4) is 5.06 Å². The van der Waals surface area contributed by atoms with Crippen molar-refractivity contribution in [2.24, 2.45) is 4.99 Å². The number of fused-ring (bicyclic) bond motifs is 2. The molecule has 0 bridgehead atoms. The SMILES string of the molecule is O=C(NCCCC(F)(F)F)c1ccc2c(c1)N=C(c1ccc(O)s1)c1ccccc1S2. The van der Waals surface area contributed by atoms with E-state index in [1.54, 1.807) is 30.3 Å². The predicted octanol–water partition coefficient (Wildman–Crippen LogP) is 6.16. The van der Waals surface area contributed by atoms with Crippen molar-refractivity contribution >= 4 is 40.4 Å². The number of nitrogens with one attached hydrogen (secondary N) is 1. The van der Waals surface area contributed by atoms with Crippen molar-refractivity contribution in [1.29, 1.82) is 0 Å². The van der Waals surface area contributed by atoms with E-state index in [1.807, 2.05) is 24.3 Å². The molecule has 0 saturated heterocycles. The van der Waals surface area contributed by atoms with Crippen LogP contribution in [0.5, 0.6) is 5.06 Å². The average Bonchev–Trinajstić information content (AvgIpc) is 3.08. The van der Waals surface area contributed by atoms with E-state index in [0.717, 1.165) is 20.2 Å². The number of nitrogens with zero attached hydrogens (tertiary/aromatic N) is 1. The van der Waals surface area contributed by atoms with E-state index in [0.29, 0.717) is 17.0 Å². The highest BCUT2D eigenvalue weighted by atomic mass is 32.2. The van der Waals surface area contributed by atoms with Crippen LogP contribution in [0.15, 0.2) is 69.4 Å². The maximum absolute atomic E-state index is 12.4. The maximum Gasteiger partial charge on any atom is 0.389 e. The number of carbonyl (C=O) groups excluding carboxylic acids is 1. The fourth-order valence-corrected chi connectivity index (χ4v) is 4.87. The minimum atomic E-state index is -4.23. The highest BCUT2D eigenvalue weighted by molar-refractivity contribution is 7.99.